The molecule has 2 aromatic carbocycles. The smallest absolute Gasteiger partial charge is 0.191 e. The van der Waals surface area contributed by atoms with Crippen LogP contribution in [0.4, 0.5) is 4.39 Å². The van der Waals surface area contributed by atoms with E-state index in [0.29, 0.717) is 6.61 Å². The maximum Gasteiger partial charge on any atom is 0.191 e. The summed E-state index contributed by atoms with van der Waals surface area (Å²) in [5.41, 5.74) is 2.11. The first kappa shape index (κ1) is 17.5. The van der Waals surface area contributed by atoms with Crippen molar-refractivity contribution in [3.05, 3.63) is 59.9 Å². The third-order valence-electron chi connectivity index (χ3n) is 3.83. The monoisotopic (exact) mass is 357 g/mol. The van der Waals surface area contributed by atoms with E-state index in [0.717, 1.165) is 34.5 Å². The van der Waals surface area contributed by atoms with Crippen molar-refractivity contribution in [1.82, 2.24) is 14.8 Å². The third kappa shape index (κ3) is 4.39. The van der Waals surface area contributed by atoms with Crippen LogP contribution >= 0.6 is 11.8 Å². The maximum absolute atomic E-state index is 13.0. The molecule has 0 N–H and O–H groups in total. The predicted molar refractivity (Wildman–Crippen MR) is 98.4 cm³/mol. The van der Waals surface area contributed by atoms with Crippen LogP contribution in [0.25, 0.3) is 11.4 Å². The summed E-state index contributed by atoms with van der Waals surface area (Å²) >= 11 is 1.59. The molecule has 0 atom stereocenters. The highest BCUT2D eigenvalue weighted by Gasteiger charge is 2.11. The lowest BCUT2D eigenvalue weighted by molar-refractivity contribution is 0.343. The molecule has 0 aliphatic carbocycles. The molecule has 25 heavy (non-hydrogen) atoms. The summed E-state index contributed by atoms with van der Waals surface area (Å²) < 4.78 is 20.7. The van der Waals surface area contributed by atoms with Gasteiger partial charge in [-0.2, -0.15) is 0 Å². The molecule has 0 aliphatic rings. The molecule has 0 unspecified atom stereocenters. The van der Waals surface area contributed by atoms with Crippen LogP contribution < -0.4 is 4.74 Å². The first-order valence-electron chi connectivity index (χ1n) is 8.17. The van der Waals surface area contributed by atoms with E-state index >= 15 is 0 Å². The molecule has 3 rings (SSSR count). The maximum atomic E-state index is 13.0. The molecule has 0 bridgehead atoms. The Labute approximate surface area is 151 Å². The minimum atomic E-state index is -0.259. The van der Waals surface area contributed by atoms with Gasteiger partial charge in [0.25, 0.3) is 0 Å². The largest absolute Gasteiger partial charge is 0.493 e. The molecule has 0 fully saturated rings. The number of hydrogen-bond acceptors (Lipinski definition) is 4. The lowest BCUT2D eigenvalue weighted by atomic mass is 10.2. The molecule has 0 aliphatic heterocycles. The zero-order valence-corrected chi connectivity index (χ0v) is 15.1. The number of hydrogen-bond donors (Lipinski definition) is 0. The molecular formula is C19H20FN3OS. The van der Waals surface area contributed by atoms with Crippen LogP contribution in [0.2, 0.25) is 0 Å². The zero-order valence-electron chi connectivity index (χ0n) is 14.3. The fraction of sp³-hybridized carbons (Fsp3) is 0.263. The predicted octanol–water partition coefficient (Wildman–Crippen LogP) is 4.35. The number of aryl methyl sites for hydroxylation is 1. The van der Waals surface area contributed by atoms with Crippen molar-refractivity contribution in [2.24, 2.45) is 7.05 Å². The summed E-state index contributed by atoms with van der Waals surface area (Å²) in [7, 11) is 1.91. The molecule has 0 saturated heterocycles. The second kappa shape index (κ2) is 8.16. The second-order valence-electron chi connectivity index (χ2n) is 5.57. The molecule has 3 aromatic rings. The average Bonchev–Trinajstić information content (AvgIpc) is 3.00. The second-order valence-corrected chi connectivity index (χ2v) is 6.63. The molecule has 6 heteroatoms. The van der Waals surface area contributed by atoms with E-state index in [4.69, 9.17) is 4.74 Å². The number of rotatable bonds is 7. The molecule has 1 heterocycles. The lowest BCUT2D eigenvalue weighted by Crippen LogP contribution is -2.02. The number of nitrogens with zero attached hydrogens (tertiary/aromatic N) is 3. The van der Waals surface area contributed by atoms with Crippen LogP contribution in [-0.2, 0) is 13.5 Å². The summed E-state index contributed by atoms with van der Waals surface area (Å²) in [6.45, 7) is 2.72. The summed E-state index contributed by atoms with van der Waals surface area (Å²) in [5.74, 6) is 2.12. The van der Waals surface area contributed by atoms with Crippen molar-refractivity contribution in [2.75, 3.05) is 12.4 Å². The van der Waals surface area contributed by atoms with Gasteiger partial charge in [0.15, 0.2) is 11.0 Å². The highest BCUT2D eigenvalue weighted by atomic mass is 32.2. The SMILES string of the molecule is CCc1cccc(OCCSc2nnc(-c3ccc(F)cc3)n2C)c1. The minimum Gasteiger partial charge on any atom is -0.493 e. The first-order chi connectivity index (χ1) is 12.2. The quantitative estimate of drug-likeness (QED) is 0.465. The van der Waals surface area contributed by atoms with Crippen molar-refractivity contribution in [1.29, 1.82) is 0 Å². The fourth-order valence-electron chi connectivity index (χ4n) is 2.44. The topological polar surface area (TPSA) is 39.9 Å². The van der Waals surface area contributed by atoms with Crippen molar-refractivity contribution < 1.29 is 9.13 Å². The summed E-state index contributed by atoms with van der Waals surface area (Å²) in [6, 6.07) is 14.4. The Morgan fingerprint density at radius 1 is 1.12 bits per heavy atom. The Morgan fingerprint density at radius 3 is 2.68 bits per heavy atom. The van der Waals surface area contributed by atoms with E-state index in [2.05, 4.69) is 29.3 Å². The lowest BCUT2D eigenvalue weighted by Gasteiger charge is -2.07. The summed E-state index contributed by atoms with van der Waals surface area (Å²) in [4.78, 5) is 0. The Hall–Kier alpha value is -2.34. The normalized spacial score (nSPS) is 10.8. The van der Waals surface area contributed by atoms with E-state index in [1.165, 1.54) is 17.7 Å². The molecule has 130 valence electrons. The number of benzene rings is 2. The molecule has 1 aromatic heterocycles. The van der Waals surface area contributed by atoms with Crippen LogP contribution in [-0.4, -0.2) is 27.1 Å². The molecule has 0 amide bonds. The van der Waals surface area contributed by atoms with Crippen molar-refractivity contribution in [3.8, 4) is 17.1 Å². The van der Waals surface area contributed by atoms with Crippen LogP contribution in [0.1, 0.15) is 12.5 Å². The highest BCUT2D eigenvalue weighted by Crippen LogP contribution is 2.23. The van der Waals surface area contributed by atoms with Crippen LogP contribution in [0, 0.1) is 5.82 Å². The Bertz CT molecular complexity index is 833. The Kier molecular flexibility index (Phi) is 5.71. The van der Waals surface area contributed by atoms with Crippen molar-refractivity contribution in [3.63, 3.8) is 0 Å². The number of aromatic nitrogens is 3. The molecule has 0 radical (unpaired) electrons. The van der Waals surface area contributed by atoms with Gasteiger partial charge in [0.05, 0.1) is 6.61 Å². The van der Waals surface area contributed by atoms with Gasteiger partial charge in [-0.1, -0.05) is 30.8 Å². The van der Waals surface area contributed by atoms with Gasteiger partial charge in [0.2, 0.25) is 0 Å². The van der Waals surface area contributed by atoms with Crippen LogP contribution in [0.3, 0.4) is 0 Å². The van der Waals surface area contributed by atoms with Gasteiger partial charge in [-0.15, -0.1) is 10.2 Å². The van der Waals surface area contributed by atoms with E-state index in [-0.39, 0.29) is 5.82 Å². The van der Waals surface area contributed by atoms with E-state index in [9.17, 15) is 4.39 Å². The van der Waals surface area contributed by atoms with Gasteiger partial charge < -0.3 is 9.30 Å². The van der Waals surface area contributed by atoms with Gasteiger partial charge in [0.1, 0.15) is 11.6 Å². The molecule has 4 nitrogen and oxygen atoms in total. The third-order valence-corrected chi connectivity index (χ3v) is 4.81. The van der Waals surface area contributed by atoms with E-state index in [1.807, 2.05) is 23.7 Å². The van der Waals surface area contributed by atoms with Crippen LogP contribution in [0.15, 0.2) is 53.7 Å². The van der Waals surface area contributed by atoms with Gasteiger partial charge in [0, 0.05) is 18.4 Å². The van der Waals surface area contributed by atoms with Crippen molar-refractivity contribution in [2.45, 2.75) is 18.5 Å². The number of thioether (sulfide) groups is 1. The number of halogens is 1. The highest BCUT2D eigenvalue weighted by molar-refractivity contribution is 7.99. The molecular weight excluding hydrogens is 337 g/mol. The average molecular weight is 357 g/mol. The summed E-state index contributed by atoms with van der Waals surface area (Å²) in [5, 5.41) is 9.23. The van der Waals surface area contributed by atoms with E-state index < -0.39 is 0 Å². The standard InChI is InChI=1S/C19H20FN3OS/c1-3-14-5-4-6-17(13-14)24-11-12-25-19-22-21-18(23(19)2)15-7-9-16(20)10-8-15/h4-10,13H,3,11-12H2,1-2H3. The fourth-order valence-corrected chi connectivity index (χ4v) is 3.17. The summed E-state index contributed by atoms with van der Waals surface area (Å²) in [6.07, 6.45) is 0.997. The van der Waals surface area contributed by atoms with Gasteiger partial charge in [-0.25, -0.2) is 4.39 Å². The van der Waals surface area contributed by atoms with Crippen LogP contribution in [0.5, 0.6) is 5.75 Å². The number of ether oxygens (including phenoxy) is 1. The molecule has 0 saturated carbocycles. The Balaban J connectivity index is 1.56. The van der Waals surface area contributed by atoms with Crippen molar-refractivity contribution >= 4 is 11.8 Å². The van der Waals surface area contributed by atoms with Gasteiger partial charge in [-0.3, -0.25) is 0 Å². The van der Waals surface area contributed by atoms with Gasteiger partial charge >= 0.3 is 0 Å². The van der Waals surface area contributed by atoms with E-state index in [1.54, 1.807) is 23.9 Å². The first-order valence-corrected chi connectivity index (χ1v) is 9.16. The van der Waals surface area contributed by atoms with Gasteiger partial charge in [-0.05, 0) is 48.4 Å². The molecule has 0 spiro atoms. The minimum absolute atomic E-state index is 0.259. The zero-order chi connectivity index (χ0) is 17.6. The Morgan fingerprint density at radius 2 is 1.92 bits per heavy atom.